The number of rotatable bonds is 3. The van der Waals surface area contributed by atoms with Gasteiger partial charge in [0.15, 0.2) is 0 Å². The van der Waals surface area contributed by atoms with Gasteiger partial charge in [-0.3, -0.25) is 0 Å². The highest BCUT2D eigenvalue weighted by Gasteiger charge is 2.04. The quantitative estimate of drug-likeness (QED) is 0.676. The Morgan fingerprint density at radius 3 is 2.83 bits per heavy atom. The van der Waals surface area contributed by atoms with E-state index in [1.54, 1.807) is 22.5 Å². The number of nitrogens with zero attached hydrogens (tertiary/aromatic N) is 4. The molecular weight excluding hydrogens is 244 g/mol. The van der Waals surface area contributed by atoms with Gasteiger partial charge in [-0.2, -0.15) is 4.98 Å². The molecule has 3 aromatic rings. The van der Waals surface area contributed by atoms with Gasteiger partial charge in [0.2, 0.25) is 5.16 Å². The predicted octanol–water partition coefficient (Wildman–Crippen LogP) is 2.73. The molecule has 0 aliphatic rings. The standard InChI is InChI=1S/C13H12N4S/c1-10-3-5-11(6-4-10)9-18-13-15-12-14-7-2-8-17(12)16-13/h2-8H,9H2,1H3. The lowest BCUT2D eigenvalue weighted by Gasteiger charge is -1.98. The lowest BCUT2D eigenvalue weighted by molar-refractivity contribution is 0.879. The Labute approximate surface area is 109 Å². The summed E-state index contributed by atoms with van der Waals surface area (Å²) in [7, 11) is 0. The van der Waals surface area contributed by atoms with E-state index < -0.39 is 0 Å². The zero-order chi connectivity index (χ0) is 12.4. The van der Waals surface area contributed by atoms with Crippen LogP contribution < -0.4 is 0 Å². The average Bonchev–Trinajstić information content (AvgIpc) is 2.81. The number of benzene rings is 1. The SMILES string of the molecule is Cc1ccc(CSc2nc3ncccn3n2)cc1. The highest BCUT2D eigenvalue weighted by atomic mass is 32.2. The first-order valence-corrected chi connectivity index (χ1v) is 6.65. The van der Waals surface area contributed by atoms with E-state index in [9.17, 15) is 0 Å². The van der Waals surface area contributed by atoms with Gasteiger partial charge >= 0.3 is 0 Å². The summed E-state index contributed by atoms with van der Waals surface area (Å²) in [5, 5.41) is 5.11. The van der Waals surface area contributed by atoms with Crippen LogP contribution in [-0.4, -0.2) is 19.6 Å². The van der Waals surface area contributed by atoms with E-state index in [4.69, 9.17) is 0 Å². The van der Waals surface area contributed by atoms with E-state index >= 15 is 0 Å². The van der Waals surface area contributed by atoms with Gasteiger partial charge in [-0.05, 0) is 18.6 Å². The molecule has 5 heteroatoms. The molecule has 2 aromatic heterocycles. The van der Waals surface area contributed by atoms with Crippen molar-refractivity contribution in [2.45, 2.75) is 17.8 Å². The minimum Gasteiger partial charge on any atom is -0.220 e. The Kier molecular flexibility index (Phi) is 2.98. The predicted molar refractivity (Wildman–Crippen MR) is 71.5 cm³/mol. The molecule has 0 aliphatic carbocycles. The molecule has 0 atom stereocenters. The van der Waals surface area contributed by atoms with Crippen LogP contribution in [0.3, 0.4) is 0 Å². The number of aromatic nitrogens is 4. The van der Waals surface area contributed by atoms with E-state index in [2.05, 4.69) is 46.3 Å². The summed E-state index contributed by atoms with van der Waals surface area (Å²) in [6, 6.07) is 10.4. The number of thioether (sulfide) groups is 1. The topological polar surface area (TPSA) is 43.1 Å². The van der Waals surface area contributed by atoms with Gasteiger partial charge in [0, 0.05) is 18.1 Å². The van der Waals surface area contributed by atoms with Gasteiger partial charge in [0.1, 0.15) is 0 Å². The number of aryl methyl sites for hydroxylation is 1. The molecule has 0 radical (unpaired) electrons. The summed E-state index contributed by atoms with van der Waals surface area (Å²) in [5.74, 6) is 1.51. The van der Waals surface area contributed by atoms with Gasteiger partial charge in [-0.1, -0.05) is 41.6 Å². The van der Waals surface area contributed by atoms with Gasteiger partial charge in [0.25, 0.3) is 5.78 Å². The highest BCUT2D eigenvalue weighted by molar-refractivity contribution is 7.98. The monoisotopic (exact) mass is 256 g/mol. The largest absolute Gasteiger partial charge is 0.253 e. The van der Waals surface area contributed by atoms with Crippen molar-refractivity contribution >= 4 is 17.5 Å². The molecule has 0 saturated carbocycles. The molecule has 0 amide bonds. The zero-order valence-electron chi connectivity index (χ0n) is 9.95. The smallest absolute Gasteiger partial charge is 0.220 e. The van der Waals surface area contributed by atoms with Crippen LogP contribution in [0.25, 0.3) is 5.78 Å². The van der Waals surface area contributed by atoms with E-state index in [-0.39, 0.29) is 0 Å². The van der Waals surface area contributed by atoms with Gasteiger partial charge < -0.3 is 0 Å². The normalized spacial score (nSPS) is 10.9. The maximum Gasteiger partial charge on any atom is 0.253 e. The van der Waals surface area contributed by atoms with E-state index in [1.807, 2.05) is 12.3 Å². The van der Waals surface area contributed by atoms with Crippen molar-refractivity contribution in [3.8, 4) is 0 Å². The molecule has 0 aliphatic heterocycles. The van der Waals surface area contributed by atoms with Crippen molar-refractivity contribution in [3.05, 3.63) is 53.9 Å². The summed E-state index contributed by atoms with van der Waals surface area (Å²) in [6.45, 7) is 2.09. The van der Waals surface area contributed by atoms with Crippen molar-refractivity contribution in [2.75, 3.05) is 0 Å². The highest BCUT2D eigenvalue weighted by Crippen LogP contribution is 2.19. The molecule has 4 nitrogen and oxygen atoms in total. The summed E-state index contributed by atoms with van der Waals surface area (Å²) in [4.78, 5) is 8.49. The fourth-order valence-electron chi connectivity index (χ4n) is 1.61. The third-order valence-corrected chi connectivity index (χ3v) is 3.49. The summed E-state index contributed by atoms with van der Waals surface area (Å²) in [6.07, 6.45) is 3.57. The first-order valence-electron chi connectivity index (χ1n) is 5.67. The van der Waals surface area contributed by atoms with Gasteiger partial charge in [0.05, 0.1) is 0 Å². The zero-order valence-corrected chi connectivity index (χ0v) is 10.8. The maximum atomic E-state index is 4.35. The number of hydrogen-bond acceptors (Lipinski definition) is 4. The van der Waals surface area contributed by atoms with Crippen LogP contribution in [0.1, 0.15) is 11.1 Å². The second-order valence-electron chi connectivity index (χ2n) is 4.03. The fraction of sp³-hybridized carbons (Fsp3) is 0.154. The number of fused-ring (bicyclic) bond motifs is 1. The summed E-state index contributed by atoms with van der Waals surface area (Å²) < 4.78 is 1.69. The lowest BCUT2D eigenvalue weighted by Crippen LogP contribution is -1.87. The Morgan fingerprint density at radius 1 is 1.22 bits per heavy atom. The van der Waals surface area contributed by atoms with E-state index in [0.717, 1.165) is 10.9 Å². The van der Waals surface area contributed by atoms with Crippen molar-refractivity contribution in [1.82, 2.24) is 19.6 Å². The van der Waals surface area contributed by atoms with Crippen LogP contribution in [-0.2, 0) is 5.75 Å². The fourth-order valence-corrected chi connectivity index (χ4v) is 2.39. The molecule has 18 heavy (non-hydrogen) atoms. The molecular formula is C13H12N4S. The Bertz CT molecular complexity index is 627. The van der Waals surface area contributed by atoms with Crippen LogP contribution in [0.2, 0.25) is 0 Å². The Balaban J connectivity index is 1.74. The Morgan fingerprint density at radius 2 is 2.06 bits per heavy atom. The lowest BCUT2D eigenvalue weighted by atomic mass is 10.2. The number of hydrogen-bond donors (Lipinski definition) is 0. The minimum absolute atomic E-state index is 0.643. The third kappa shape index (κ3) is 2.36. The van der Waals surface area contributed by atoms with Gasteiger partial charge in [-0.15, -0.1) is 5.10 Å². The van der Waals surface area contributed by atoms with Gasteiger partial charge in [-0.25, -0.2) is 9.50 Å². The second-order valence-corrected chi connectivity index (χ2v) is 4.98. The third-order valence-electron chi connectivity index (χ3n) is 2.59. The van der Waals surface area contributed by atoms with Crippen molar-refractivity contribution in [3.63, 3.8) is 0 Å². The first kappa shape index (κ1) is 11.2. The molecule has 0 saturated heterocycles. The molecule has 90 valence electrons. The Hall–Kier alpha value is -1.88. The molecule has 3 rings (SSSR count). The molecule has 0 bridgehead atoms. The maximum absolute atomic E-state index is 4.35. The average molecular weight is 256 g/mol. The van der Waals surface area contributed by atoms with Crippen molar-refractivity contribution in [2.24, 2.45) is 0 Å². The summed E-state index contributed by atoms with van der Waals surface area (Å²) in [5.41, 5.74) is 2.55. The van der Waals surface area contributed by atoms with Crippen LogP contribution in [0.5, 0.6) is 0 Å². The molecule has 0 spiro atoms. The molecule has 0 fully saturated rings. The molecule has 0 N–H and O–H groups in total. The van der Waals surface area contributed by atoms with Crippen LogP contribution in [0.4, 0.5) is 0 Å². The van der Waals surface area contributed by atoms with Crippen molar-refractivity contribution < 1.29 is 0 Å². The van der Waals surface area contributed by atoms with Crippen LogP contribution in [0, 0.1) is 6.92 Å². The molecule has 1 aromatic carbocycles. The van der Waals surface area contributed by atoms with Crippen LogP contribution >= 0.6 is 11.8 Å². The van der Waals surface area contributed by atoms with Crippen LogP contribution in [0.15, 0.2) is 47.9 Å². The first-order chi connectivity index (χ1) is 8.81. The van der Waals surface area contributed by atoms with E-state index in [1.165, 1.54) is 11.1 Å². The summed E-state index contributed by atoms with van der Waals surface area (Å²) >= 11 is 1.62. The molecule has 0 unspecified atom stereocenters. The van der Waals surface area contributed by atoms with Crippen molar-refractivity contribution in [1.29, 1.82) is 0 Å². The molecule has 2 heterocycles. The van der Waals surface area contributed by atoms with E-state index in [0.29, 0.717) is 5.78 Å². The second kappa shape index (κ2) is 4.78. The minimum atomic E-state index is 0.643.